The van der Waals surface area contributed by atoms with E-state index >= 15 is 0 Å². The SMILES string of the molecule is Cc1cc2ccoc2cc1-c1c2ccc(C3CC[Si](C)(C)CC3)cc2cc(C)[n+]1C. The van der Waals surface area contributed by atoms with E-state index in [1.807, 2.05) is 6.07 Å². The number of aryl methyl sites for hydroxylation is 2. The van der Waals surface area contributed by atoms with Crippen molar-refractivity contribution in [2.24, 2.45) is 7.05 Å². The van der Waals surface area contributed by atoms with E-state index in [-0.39, 0.29) is 0 Å². The number of aromatic nitrogens is 1. The second kappa shape index (κ2) is 7.09. The number of pyridine rings is 1. The van der Waals surface area contributed by atoms with Gasteiger partial charge in [0, 0.05) is 26.5 Å². The Labute approximate surface area is 180 Å². The standard InChI is InChI=1S/C27H32NOSi/c1-18-14-22-8-11-29-26(22)17-25(18)27-24-7-6-21(16-23(24)15-19(2)28(27)3)20-9-12-30(4,5)13-10-20/h6-8,11,14-17,20H,9-10,12-13H2,1-5H3/q+1. The van der Waals surface area contributed by atoms with Crippen molar-refractivity contribution in [1.29, 1.82) is 0 Å². The molecule has 1 fully saturated rings. The molecule has 154 valence electrons. The van der Waals surface area contributed by atoms with E-state index in [2.05, 4.69) is 75.0 Å². The summed E-state index contributed by atoms with van der Waals surface area (Å²) in [7, 11) is 1.25. The highest BCUT2D eigenvalue weighted by Gasteiger charge is 2.29. The molecule has 0 saturated carbocycles. The lowest BCUT2D eigenvalue weighted by atomic mass is 9.90. The summed E-state index contributed by atoms with van der Waals surface area (Å²) in [5.74, 6) is 0.730. The number of nitrogens with zero attached hydrogens (tertiary/aromatic N) is 1. The first-order chi connectivity index (χ1) is 14.3. The third-order valence-corrected chi connectivity index (χ3v) is 10.7. The Bertz CT molecular complexity index is 1260. The number of rotatable bonds is 2. The van der Waals surface area contributed by atoms with E-state index in [0.717, 1.165) is 11.5 Å². The molecule has 1 aliphatic heterocycles. The summed E-state index contributed by atoms with van der Waals surface area (Å²) in [6, 6.07) is 19.0. The molecule has 3 heteroatoms. The van der Waals surface area contributed by atoms with Crippen LogP contribution in [-0.2, 0) is 7.05 Å². The maximum Gasteiger partial charge on any atom is 0.220 e. The van der Waals surface area contributed by atoms with E-state index in [1.165, 1.54) is 69.2 Å². The van der Waals surface area contributed by atoms with Crippen molar-refractivity contribution >= 4 is 29.8 Å². The van der Waals surface area contributed by atoms with Crippen molar-refractivity contribution in [2.75, 3.05) is 0 Å². The third kappa shape index (κ3) is 3.29. The Morgan fingerprint density at radius 2 is 1.70 bits per heavy atom. The van der Waals surface area contributed by atoms with E-state index in [4.69, 9.17) is 4.42 Å². The van der Waals surface area contributed by atoms with Crippen LogP contribution in [-0.4, -0.2) is 8.07 Å². The minimum atomic E-state index is -0.924. The summed E-state index contributed by atoms with van der Waals surface area (Å²) < 4.78 is 8.05. The number of fused-ring (bicyclic) bond motifs is 2. The van der Waals surface area contributed by atoms with Crippen LogP contribution in [0.4, 0.5) is 0 Å². The molecular weight excluding hydrogens is 382 g/mol. The van der Waals surface area contributed by atoms with E-state index in [0.29, 0.717) is 0 Å². The maximum atomic E-state index is 5.73. The average Bonchev–Trinajstić information content (AvgIpc) is 3.15. The molecule has 2 aromatic heterocycles. The molecular formula is C27H32NOSi+. The van der Waals surface area contributed by atoms with Gasteiger partial charge in [-0.3, -0.25) is 0 Å². The molecule has 0 amide bonds. The molecule has 5 rings (SSSR count). The Morgan fingerprint density at radius 1 is 0.933 bits per heavy atom. The van der Waals surface area contributed by atoms with Gasteiger partial charge in [-0.15, -0.1) is 0 Å². The predicted molar refractivity (Wildman–Crippen MR) is 129 cm³/mol. The smallest absolute Gasteiger partial charge is 0.220 e. The van der Waals surface area contributed by atoms with Crippen molar-refractivity contribution in [3.05, 3.63) is 65.5 Å². The highest BCUT2D eigenvalue weighted by molar-refractivity contribution is 6.77. The topological polar surface area (TPSA) is 17.0 Å². The highest BCUT2D eigenvalue weighted by atomic mass is 28.3. The first kappa shape index (κ1) is 19.6. The Hall–Kier alpha value is -2.39. The molecule has 1 aliphatic rings. The molecule has 4 aromatic rings. The van der Waals surface area contributed by atoms with Gasteiger partial charge in [-0.2, -0.15) is 4.57 Å². The fourth-order valence-electron chi connectivity index (χ4n) is 5.29. The quantitative estimate of drug-likeness (QED) is 0.249. The number of hydrogen-bond acceptors (Lipinski definition) is 1. The zero-order valence-corrected chi connectivity index (χ0v) is 19.9. The third-order valence-electron chi connectivity index (χ3n) is 7.42. The van der Waals surface area contributed by atoms with Crippen LogP contribution in [0.15, 0.2) is 53.1 Å². The van der Waals surface area contributed by atoms with Gasteiger partial charge in [-0.25, -0.2) is 0 Å². The van der Waals surface area contributed by atoms with Crippen LogP contribution in [0.1, 0.15) is 35.6 Å². The van der Waals surface area contributed by atoms with Gasteiger partial charge in [-0.1, -0.05) is 37.3 Å². The molecule has 3 heterocycles. The van der Waals surface area contributed by atoms with Crippen molar-refractivity contribution in [3.63, 3.8) is 0 Å². The second-order valence-corrected chi connectivity index (χ2v) is 15.4. The van der Waals surface area contributed by atoms with Crippen LogP contribution in [0.2, 0.25) is 25.2 Å². The Morgan fingerprint density at radius 3 is 2.47 bits per heavy atom. The molecule has 0 atom stereocenters. The zero-order chi connectivity index (χ0) is 21.0. The summed E-state index contributed by atoms with van der Waals surface area (Å²) in [5.41, 5.74) is 7.59. The molecule has 0 N–H and O–H groups in total. The monoisotopic (exact) mass is 414 g/mol. The Balaban J connectivity index is 1.65. The van der Waals surface area contributed by atoms with Gasteiger partial charge in [0.25, 0.3) is 0 Å². The molecule has 2 nitrogen and oxygen atoms in total. The molecule has 2 aromatic carbocycles. The lowest BCUT2D eigenvalue weighted by Crippen LogP contribution is -2.35. The summed E-state index contributed by atoms with van der Waals surface area (Å²) in [6.45, 7) is 9.53. The van der Waals surface area contributed by atoms with Gasteiger partial charge in [0.15, 0.2) is 5.69 Å². The molecule has 1 saturated heterocycles. The number of furan rings is 1. The minimum absolute atomic E-state index is 0.730. The van der Waals surface area contributed by atoms with E-state index in [1.54, 1.807) is 6.26 Å². The van der Waals surface area contributed by atoms with Gasteiger partial charge in [0.1, 0.15) is 12.6 Å². The molecule has 0 radical (unpaired) electrons. The summed E-state index contributed by atoms with van der Waals surface area (Å²) in [5, 5.41) is 3.85. The normalized spacial score (nSPS) is 17.1. The fourth-order valence-corrected chi connectivity index (χ4v) is 7.80. The summed E-state index contributed by atoms with van der Waals surface area (Å²) in [4.78, 5) is 0. The van der Waals surface area contributed by atoms with Gasteiger partial charge < -0.3 is 4.42 Å². The van der Waals surface area contributed by atoms with Gasteiger partial charge in [0.2, 0.25) is 5.69 Å². The molecule has 0 aliphatic carbocycles. The average molecular weight is 415 g/mol. The van der Waals surface area contributed by atoms with Gasteiger partial charge >= 0.3 is 0 Å². The lowest BCUT2D eigenvalue weighted by molar-refractivity contribution is -0.665. The van der Waals surface area contributed by atoms with Crippen molar-refractivity contribution < 1.29 is 8.98 Å². The molecule has 0 unspecified atom stereocenters. The van der Waals surface area contributed by atoms with Crippen molar-refractivity contribution in [3.8, 4) is 11.3 Å². The predicted octanol–water partition coefficient (Wildman–Crippen LogP) is 7.28. The summed E-state index contributed by atoms with van der Waals surface area (Å²) in [6.07, 6.45) is 4.51. The molecule has 0 bridgehead atoms. The fraction of sp³-hybridized carbons (Fsp3) is 0.370. The number of hydrogen-bond donors (Lipinski definition) is 0. The van der Waals surface area contributed by atoms with Crippen molar-refractivity contribution in [1.82, 2.24) is 0 Å². The first-order valence-corrected chi connectivity index (χ1v) is 14.7. The highest BCUT2D eigenvalue weighted by Crippen LogP contribution is 2.40. The maximum absolute atomic E-state index is 5.73. The van der Waals surface area contributed by atoms with E-state index in [9.17, 15) is 0 Å². The first-order valence-electron chi connectivity index (χ1n) is 11.2. The van der Waals surface area contributed by atoms with Crippen LogP contribution in [0, 0.1) is 13.8 Å². The zero-order valence-electron chi connectivity index (χ0n) is 18.9. The second-order valence-electron chi connectivity index (χ2n) is 10.1. The molecule has 30 heavy (non-hydrogen) atoms. The van der Waals surface area contributed by atoms with Crippen LogP contribution in [0.25, 0.3) is 33.0 Å². The van der Waals surface area contributed by atoms with Crippen LogP contribution < -0.4 is 4.57 Å². The van der Waals surface area contributed by atoms with Crippen LogP contribution in [0.3, 0.4) is 0 Å². The van der Waals surface area contributed by atoms with Crippen LogP contribution in [0.5, 0.6) is 0 Å². The van der Waals surface area contributed by atoms with Crippen molar-refractivity contribution in [2.45, 2.75) is 57.8 Å². The van der Waals surface area contributed by atoms with Gasteiger partial charge in [-0.05, 0) is 66.5 Å². The van der Waals surface area contributed by atoms with Gasteiger partial charge in [0.05, 0.1) is 17.2 Å². The minimum Gasteiger partial charge on any atom is -0.464 e. The van der Waals surface area contributed by atoms with Crippen LogP contribution >= 0.6 is 0 Å². The Kier molecular flexibility index (Phi) is 4.62. The van der Waals surface area contributed by atoms with E-state index < -0.39 is 8.07 Å². The number of benzene rings is 2. The molecule has 0 spiro atoms. The summed E-state index contributed by atoms with van der Waals surface area (Å²) >= 11 is 0. The largest absolute Gasteiger partial charge is 0.464 e. The lowest BCUT2D eigenvalue weighted by Gasteiger charge is -2.33.